The molecule has 0 aromatic heterocycles. The van der Waals surface area contributed by atoms with Crippen LogP contribution in [0.2, 0.25) is 0 Å². The summed E-state index contributed by atoms with van der Waals surface area (Å²) in [6.07, 6.45) is -9.94. The number of esters is 2. The Bertz CT molecular complexity index is 561. The third kappa shape index (κ3) is 6.07. The van der Waals surface area contributed by atoms with Crippen LogP contribution in [0.15, 0.2) is 24.3 Å². The topological polar surface area (TPSA) is 183 Å². The summed E-state index contributed by atoms with van der Waals surface area (Å²) >= 11 is 0. The third-order valence-electron chi connectivity index (χ3n) is 3.81. The van der Waals surface area contributed by atoms with Crippen molar-refractivity contribution in [1.29, 1.82) is 0 Å². The van der Waals surface area contributed by atoms with Crippen molar-refractivity contribution in [2.75, 3.05) is 19.8 Å². The quantitative estimate of drug-likeness (QED) is 0.171. The van der Waals surface area contributed by atoms with Crippen LogP contribution < -0.4 is 0 Å². The van der Waals surface area contributed by atoms with E-state index in [9.17, 15) is 30.0 Å². The molecule has 1 aliphatic heterocycles. The first-order valence-corrected chi connectivity index (χ1v) is 7.98. The minimum atomic E-state index is -1.79. The number of aliphatic hydroxyl groups excluding tert-OH is 6. The fourth-order valence-corrected chi connectivity index (χ4v) is 2.07. The highest BCUT2D eigenvalue weighted by Crippen LogP contribution is 2.23. The summed E-state index contributed by atoms with van der Waals surface area (Å²) in [6, 6.07) is 0. The maximum atomic E-state index is 11.8. The lowest BCUT2D eigenvalue weighted by atomic mass is 9.99. The Labute approximate surface area is 154 Å². The van der Waals surface area contributed by atoms with Crippen LogP contribution >= 0.6 is 0 Å². The Hall–Kier alpha value is -1.86. The van der Waals surface area contributed by atoms with Gasteiger partial charge in [-0.2, -0.15) is 0 Å². The van der Waals surface area contributed by atoms with E-state index in [0.29, 0.717) is 0 Å². The Morgan fingerprint density at radius 3 is 2.22 bits per heavy atom. The van der Waals surface area contributed by atoms with Gasteiger partial charge in [0.05, 0.1) is 12.2 Å². The van der Waals surface area contributed by atoms with E-state index in [1.165, 1.54) is 0 Å². The van der Waals surface area contributed by atoms with Gasteiger partial charge >= 0.3 is 11.9 Å². The Kier molecular flexibility index (Phi) is 8.99. The number of aliphatic hydroxyl groups is 6. The number of rotatable bonds is 9. The van der Waals surface area contributed by atoms with Crippen LogP contribution in [0.5, 0.6) is 0 Å². The standard InChI is InChI=1S/C16H24O11/c1-7(3-4-17)14(23)27-16-13(22)12(21)11(20)10(26-16)6-25-15(24)8(2)9(19)5-18/h9-13,16-22H,1-6H2/t9-,10-,11-,12+,13-,16+/m1/s1. The molecular formula is C16H24O11. The molecular weight excluding hydrogens is 368 g/mol. The molecule has 1 saturated heterocycles. The lowest BCUT2D eigenvalue weighted by Crippen LogP contribution is -2.59. The summed E-state index contributed by atoms with van der Waals surface area (Å²) in [5, 5.41) is 56.5. The van der Waals surface area contributed by atoms with Crippen LogP contribution in [0.4, 0.5) is 0 Å². The number of carbonyl (C=O) groups is 2. The molecule has 0 aliphatic carbocycles. The number of hydrogen-bond acceptors (Lipinski definition) is 11. The molecule has 1 fully saturated rings. The van der Waals surface area contributed by atoms with Gasteiger partial charge in [0.1, 0.15) is 37.1 Å². The Morgan fingerprint density at radius 2 is 1.67 bits per heavy atom. The maximum Gasteiger partial charge on any atom is 0.336 e. The van der Waals surface area contributed by atoms with E-state index in [1.54, 1.807) is 0 Å². The third-order valence-corrected chi connectivity index (χ3v) is 3.81. The molecule has 27 heavy (non-hydrogen) atoms. The van der Waals surface area contributed by atoms with Crippen molar-refractivity contribution >= 4 is 11.9 Å². The summed E-state index contributed by atoms with van der Waals surface area (Å²) in [4.78, 5) is 23.5. The van der Waals surface area contributed by atoms with E-state index in [1.807, 2.05) is 0 Å². The molecule has 0 radical (unpaired) electrons. The van der Waals surface area contributed by atoms with Gasteiger partial charge in [-0.25, -0.2) is 9.59 Å². The van der Waals surface area contributed by atoms with Gasteiger partial charge in [0.15, 0.2) is 0 Å². The highest BCUT2D eigenvalue weighted by Gasteiger charge is 2.46. The zero-order valence-corrected chi connectivity index (χ0v) is 14.4. The van der Waals surface area contributed by atoms with Crippen molar-refractivity contribution < 1.29 is 54.4 Å². The van der Waals surface area contributed by atoms with Crippen LogP contribution in [0.1, 0.15) is 6.42 Å². The SMILES string of the molecule is C=C(CCO)C(=O)O[C@@H]1O[C@H](COC(=O)C(=C)[C@H](O)CO)[C@@H](O)[C@H](O)[C@H]1O. The van der Waals surface area contributed by atoms with Crippen molar-refractivity contribution in [3.8, 4) is 0 Å². The van der Waals surface area contributed by atoms with Gasteiger partial charge in [-0.3, -0.25) is 0 Å². The predicted molar refractivity (Wildman–Crippen MR) is 86.8 cm³/mol. The van der Waals surface area contributed by atoms with Gasteiger partial charge in [0, 0.05) is 18.6 Å². The van der Waals surface area contributed by atoms with Gasteiger partial charge in [-0.15, -0.1) is 0 Å². The predicted octanol–water partition coefficient (Wildman–Crippen LogP) is -3.27. The molecule has 11 nitrogen and oxygen atoms in total. The monoisotopic (exact) mass is 392 g/mol. The molecule has 0 amide bonds. The van der Waals surface area contributed by atoms with Gasteiger partial charge < -0.3 is 44.8 Å². The van der Waals surface area contributed by atoms with Gasteiger partial charge in [0.25, 0.3) is 0 Å². The van der Waals surface area contributed by atoms with Gasteiger partial charge in [-0.05, 0) is 0 Å². The van der Waals surface area contributed by atoms with E-state index < -0.39 is 67.5 Å². The van der Waals surface area contributed by atoms with Crippen molar-refractivity contribution in [3.05, 3.63) is 24.3 Å². The minimum Gasteiger partial charge on any atom is -0.459 e. The van der Waals surface area contributed by atoms with Crippen molar-refractivity contribution in [3.63, 3.8) is 0 Å². The van der Waals surface area contributed by atoms with E-state index in [2.05, 4.69) is 13.2 Å². The molecule has 1 heterocycles. The first-order chi connectivity index (χ1) is 12.6. The minimum absolute atomic E-state index is 0.0802. The lowest BCUT2D eigenvalue weighted by molar-refractivity contribution is -0.292. The van der Waals surface area contributed by atoms with Gasteiger partial charge in [-0.1, -0.05) is 13.2 Å². The smallest absolute Gasteiger partial charge is 0.336 e. The summed E-state index contributed by atoms with van der Waals surface area (Å²) in [7, 11) is 0. The van der Waals surface area contributed by atoms with Crippen molar-refractivity contribution in [1.82, 2.24) is 0 Å². The molecule has 11 heteroatoms. The summed E-state index contributed by atoms with van der Waals surface area (Å²) in [6.45, 7) is 4.89. The molecule has 0 saturated carbocycles. The van der Waals surface area contributed by atoms with Crippen LogP contribution in [0.25, 0.3) is 0 Å². The van der Waals surface area contributed by atoms with E-state index in [0.717, 1.165) is 0 Å². The Balaban J connectivity index is 2.72. The molecule has 0 aromatic rings. The van der Waals surface area contributed by atoms with Gasteiger partial charge in [0.2, 0.25) is 6.29 Å². The highest BCUT2D eigenvalue weighted by atomic mass is 16.7. The molecule has 0 bridgehead atoms. The first-order valence-electron chi connectivity index (χ1n) is 7.98. The number of ether oxygens (including phenoxy) is 3. The fraction of sp³-hybridized carbons (Fsp3) is 0.625. The first kappa shape index (κ1) is 23.2. The summed E-state index contributed by atoms with van der Waals surface area (Å²) in [5.41, 5.74) is -0.544. The Morgan fingerprint density at radius 1 is 1.04 bits per heavy atom. The average molecular weight is 392 g/mol. The van der Waals surface area contributed by atoms with Crippen LogP contribution in [-0.2, 0) is 23.8 Å². The van der Waals surface area contributed by atoms with Crippen molar-refractivity contribution in [2.45, 2.75) is 43.2 Å². The van der Waals surface area contributed by atoms with Crippen LogP contribution in [0.3, 0.4) is 0 Å². The summed E-state index contributed by atoms with van der Waals surface area (Å²) in [5.74, 6) is -2.08. The zero-order valence-electron chi connectivity index (χ0n) is 14.4. The zero-order chi connectivity index (χ0) is 20.7. The molecule has 0 aromatic carbocycles. The van der Waals surface area contributed by atoms with Crippen LogP contribution in [0, 0.1) is 0 Å². The second-order valence-corrected chi connectivity index (χ2v) is 5.82. The second-order valence-electron chi connectivity index (χ2n) is 5.82. The molecule has 6 N–H and O–H groups in total. The van der Waals surface area contributed by atoms with E-state index in [4.69, 9.17) is 24.4 Å². The maximum absolute atomic E-state index is 11.8. The fourth-order valence-electron chi connectivity index (χ4n) is 2.07. The van der Waals surface area contributed by atoms with E-state index in [-0.39, 0.29) is 18.6 Å². The largest absolute Gasteiger partial charge is 0.459 e. The lowest BCUT2D eigenvalue weighted by Gasteiger charge is -2.39. The van der Waals surface area contributed by atoms with E-state index >= 15 is 0 Å². The van der Waals surface area contributed by atoms with Crippen LogP contribution in [-0.4, -0.2) is 99.2 Å². The normalized spacial score (nSPS) is 28.9. The number of hydrogen-bond donors (Lipinski definition) is 6. The summed E-state index contributed by atoms with van der Waals surface area (Å²) < 4.78 is 14.8. The highest BCUT2D eigenvalue weighted by molar-refractivity contribution is 5.89. The molecule has 0 unspecified atom stereocenters. The van der Waals surface area contributed by atoms with Crippen molar-refractivity contribution in [2.24, 2.45) is 0 Å². The molecule has 154 valence electrons. The average Bonchev–Trinajstić information content (AvgIpc) is 2.65. The molecule has 1 aliphatic rings. The molecule has 6 atom stereocenters. The molecule has 1 rings (SSSR count). The molecule has 0 spiro atoms. The number of carbonyl (C=O) groups excluding carboxylic acids is 2. The second kappa shape index (κ2) is 10.5.